The fraction of sp³-hybridized carbons (Fsp3) is 0.125. The predicted molar refractivity (Wildman–Crippen MR) is 78.9 cm³/mol. The first kappa shape index (κ1) is 13.8. The monoisotopic (exact) mass is 301 g/mol. The highest BCUT2D eigenvalue weighted by Crippen LogP contribution is 2.24. The molecule has 2 aromatic rings. The zero-order valence-corrected chi connectivity index (χ0v) is 11.9. The number of hydrogen-bond donors (Lipinski definition) is 0. The second kappa shape index (κ2) is 5.69. The number of benzene rings is 2. The maximum Gasteiger partial charge on any atom is 0.261 e. The van der Waals surface area contributed by atoms with Gasteiger partial charge in [0.15, 0.2) is 0 Å². The highest BCUT2D eigenvalue weighted by atomic mass is 32.2. The largest absolute Gasteiger partial charge is 0.273 e. The Morgan fingerprint density at radius 3 is 2.05 bits per heavy atom. The normalized spacial score (nSPS) is 13.7. The van der Waals surface area contributed by atoms with E-state index in [1.165, 1.54) is 28.8 Å². The first-order valence-corrected chi connectivity index (χ1v) is 7.49. The van der Waals surface area contributed by atoms with Crippen molar-refractivity contribution in [1.82, 2.24) is 4.90 Å². The van der Waals surface area contributed by atoms with Gasteiger partial charge >= 0.3 is 0 Å². The molecule has 21 heavy (non-hydrogen) atoms. The number of rotatable bonds is 4. The van der Waals surface area contributed by atoms with Gasteiger partial charge in [-0.25, -0.2) is 4.39 Å². The van der Waals surface area contributed by atoms with E-state index in [1.807, 2.05) is 0 Å². The molecule has 0 aliphatic carbocycles. The second-order valence-corrected chi connectivity index (χ2v) is 5.78. The van der Waals surface area contributed by atoms with Crippen molar-refractivity contribution in [1.29, 1.82) is 0 Å². The molecule has 0 saturated carbocycles. The van der Waals surface area contributed by atoms with Gasteiger partial charge in [-0.3, -0.25) is 14.5 Å². The minimum Gasteiger partial charge on any atom is -0.273 e. The molecule has 0 unspecified atom stereocenters. The molecule has 0 spiro atoms. The number of imide groups is 1. The zero-order chi connectivity index (χ0) is 14.8. The van der Waals surface area contributed by atoms with E-state index in [2.05, 4.69) is 0 Å². The highest BCUT2D eigenvalue weighted by molar-refractivity contribution is 7.99. The maximum absolute atomic E-state index is 12.8. The number of carbonyl (C=O) groups excluding carboxylic acids is 2. The van der Waals surface area contributed by atoms with Crippen molar-refractivity contribution in [3.63, 3.8) is 0 Å². The third-order valence-corrected chi connectivity index (χ3v) is 4.27. The lowest BCUT2D eigenvalue weighted by molar-refractivity contribution is 0.0664. The van der Waals surface area contributed by atoms with Crippen molar-refractivity contribution in [3.05, 3.63) is 65.5 Å². The van der Waals surface area contributed by atoms with Crippen LogP contribution in [0.2, 0.25) is 0 Å². The summed E-state index contributed by atoms with van der Waals surface area (Å²) >= 11 is 1.49. The summed E-state index contributed by atoms with van der Waals surface area (Å²) in [4.78, 5) is 26.5. The lowest BCUT2D eigenvalue weighted by Gasteiger charge is -2.13. The Balaban J connectivity index is 1.63. The van der Waals surface area contributed by atoms with Crippen LogP contribution < -0.4 is 0 Å². The predicted octanol–water partition coefficient (Wildman–Crippen LogP) is 3.21. The van der Waals surface area contributed by atoms with E-state index in [4.69, 9.17) is 0 Å². The molecule has 0 N–H and O–H groups in total. The van der Waals surface area contributed by atoms with E-state index in [-0.39, 0.29) is 17.6 Å². The van der Waals surface area contributed by atoms with Crippen LogP contribution in [0.3, 0.4) is 0 Å². The molecular weight excluding hydrogens is 289 g/mol. The third-order valence-electron chi connectivity index (χ3n) is 3.28. The van der Waals surface area contributed by atoms with Crippen LogP contribution in [0, 0.1) is 5.82 Å². The molecule has 2 aromatic carbocycles. The summed E-state index contributed by atoms with van der Waals surface area (Å²) in [7, 11) is 0. The molecular formula is C16H12FNO2S. The van der Waals surface area contributed by atoms with E-state index in [1.54, 1.807) is 36.4 Å². The lowest BCUT2D eigenvalue weighted by atomic mass is 10.1. The molecule has 106 valence electrons. The van der Waals surface area contributed by atoms with Crippen LogP contribution in [0.15, 0.2) is 53.4 Å². The Bertz CT molecular complexity index is 665. The van der Waals surface area contributed by atoms with Crippen LogP contribution in [0.25, 0.3) is 0 Å². The Labute approximate surface area is 125 Å². The molecule has 0 radical (unpaired) electrons. The van der Waals surface area contributed by atoms with E-state index in [0.29, 0.717) is 23.4 Å². The topological polar surface area (TPSA) is 37.4 Å². The quantitative estimate of drug-likeness (QED) is 0.643. The molecule has 1 aliphatic heterocycles. The average Bonchev–Trinajstić information content (AvgIpc) is 2.75. The van der Waals surface area contributed by atoms with Gasteiger partial charge in [-0.2, -0.15) is 0 Å². The summed E-state index contributed by atoms with van der Waals surface area (Å²) < 4.78 is 12.8. The standard InChI is InChI=1S/C16H12FNO2S/c17-11-5-7-12(8-6-11)21-10-9-18-15(19)13-3-1-2-4-14(13)16(18)20/h1-8H,9-10H2. The molecule has 1 aliphatic rings. The number of halogens is 1. The van der Waals surface area contributed by atoms with Gasteiger partial charge < -0.3 is 0 Å². The summed E-state index contributed by atoms with van der Waals surface area (Å²) in [6.07, 6.45) is 0. The highest BCUT2D eigenvalue weighted by Gasteiger charge is 2.34. The minimum atomic E-state index is -0.278. The molecule has 5 heteroatoms. The molecule has 0 bridgehead atoms. The molecule has 0 aromatic heterocycles. The summed E-state index contributed by atoms with van der Waals surface area (Å²) in [6, 6.07) is 13.0. The van der Waals surface area contributed by atoms with Gasteiger partial charge in [0, 0.05) is 17.2 Å². The SMILES string of the molecule is O=C1c2ccccc2C(=O)N1CCSc1ccc(F)cc1. The summed E-state index contributed by atoms with van der Waals surface area (Å²) in [5.74, 6) is -0.179. The minimum absolute atomic E-state index is 0.240. The molecule has 0 saturated heterocycles. The number of hydrogen-bond acceptors (Lipinski definition) is 3. The van der Waals surface area contributed by atoms with E-state index >= 15 is 0 Å². The third kappa shape index (κ3) is 2.69. The number of fused-ring (bicyclic) bond motifs is 1. The van der Waals surface area contributed by atoms with Gasteiger partial charge in [0.05, 0.1) is 11.1 Å². The van der Waals surface area contributed by atoms with Crippen LogP contribution in [-0.2, 0) is 0 Å². The first-order chi connectivity index (χ1) is 10.2. The van der Waals surface area contributed by atoms with Crippen molar-refractivity contribution in [2.24, 2.45) is 0 Å². The van der Waals surface area contributed by atoms with E-state index < -0.39 is 0 Å². The first-order valence-electron chi connectivity index (χ1n) is 6.50. The number of carbonyl (C=O) groups is 2. The van der Waals surface area contributed by atoms with Crippen LogP contribution in [0.1, 0.15) is 20.7 Å². The van der Waals surface area contributed by atoms with Gasteiger partial charge in [0.2, 0.25) is 0 Å². The lowest BCUT2D eigenvalue weighted by Crippen LogP contribution is -2.31. The molecule has 0 atom stereocenters. The average molecular weight is 301 g/mol. The summed E-state index contributed by atoms with van der Waals surface area (Å²) in [5, 5.41) is 0. The van der Waals surface area contributed by atoms with Crippen molar-refractivity contribution in [2.75, 3.05) is 12.3 Å². The molecule has 2 amide bonds. The van der Waals surface area contributed by atoms with E-state index in [0.717, 1.165) is 4.90 Å². The van der Waals surface area contributed by atoms with Gasteiger partial charge in [-0.05, 0) is 36.4 Å². The Morgan fingerprint density at radius 1 is 0.905 bits per heavy atom. The maximum atomic E-state index is 12.8. The second-order valence-electron chi connectivity index (χ2n) is 4.61. The van der Waals surface area contributed by atoms with E-state index in [9.17, 15) is 14.0 Å². The van der Waals surface area contributed by atoms with Crippen molar-refractivity contribution in [2.45, 2.75) is 4.90 Å². The van der Waals surface area contributed by atoms with Crippen LogP contribution in [0.4, 0.5) is 4.39 Å². The zero-order valence-electron chi connectivity index (χ0n) is 11.1. The van der Waals surface area contributed by atoms with Gasteiger partial charge in [-0.1, -0.05) is 12.1 Å². The Kier molecular flexibility index (Phi) is 3.75. The van der Waals surface area contributed by atoms with Gasteiger partial charge in [0.25, 0.3) is 11.8 Å². The molecule has 3 rings (SSSR count). The fourth-order valence-corrected chi connectivity index (χ4v) is 3.07. The van der Waals surface area contributed by atoms with Crippen molar-refractivity contribution < 1.29 is 14.0 Å². The van der Waals surface area contributed by atoms with Crippen LogP contribution >= 0.6 is 11.8 Å². The van der Waals surface area contributed by atoms with Crippen LogP contribution in [0.5, 0.6) is 0 Å². The Hall–Kier alpha value is -2.14. The summed E-state index contributed by atoms with van der Waals surface area (Å²) in [6.45, 7) is 0.342. The van der Waals surface area contributed by atoms with Crippen molar-refractivity contribution in [3.8, 4) is 0 Å². The number of nitrogens with zero attached hydrogens (tertiary/aromatic N) is 1. The fourth-order valence-electron chi connectivity index (χ4n) is 2.23. The van der Waals surface area contributed by atoms with Crippen LogP contribution in [-0.4, -0.2) is 29.0 Å². The van der Waals surface area contributed by atoms with Gasteiger partial charge in [0.1, 0.15) is 5.82 Å². The molecule has 0 fully saturated rings. The molecule has 1 heterocycles. The van der Waals surface area contributed by atoms with Gasteiger partial charge in [-0.15, -0.1) is 11.8 Å². The smallest absolute Gasteiger partial charge is 0.261 e. The number of amides is 2. The summed E-state index contributed by atoms with van der Waals surface area (Å²) in [5.41, 5.74) is 0.934. The number of thioether (sulfide) groups is 1. The Morgan fingerprint density at radius 2 is 1.48 bits per heavy atom. The molecule has 3 nitrogen and oxygen atoms in total. The van der Waals surface area contributed by atoms with Crippen molar-refractivity contribution >= 4 is 23.6 Å².